The van der Waals surface area contributed by atoms with Crippen LogP contribution in [0, 0.1) is 12.8 Å². The molecule has 198 valence electrons. The Hall–Kier alpha value is -3.47. The second kappa shape index (κ2) is 10.5. The molecule has 4 rings (SSSR count). The normalized spacial score (nSPS) is 16.1. The Labute approximate surface area is 212 Å². The molecule has 0 bridgehead atoms. The summed E-state index contributed by atoms with van der Waals surface area (Å²) in [7, 11) is 0. The van der Waals surface area contributed by atoms with Crippen molar-refractivity contribution in [1.82, 2.24) is 19.7 Å². The number of amides is 1. The van der Waals surface area contributed by atoms with Gasteiger partial charge in [0.05, 0.1) is 16.6 Å². The average Bonchev–Trinajstić information content (AvgIpc) is 3.36. The molecule has 3 heterocycles. The third-order valence-electron chi connectivity index (χ3n) is 6.43. The number of halogens is 3. The molecule has 11 heteroatoms. The van der Waals surface area contributed by atoms with Crippen molar-refractivity contribution in [2.75, 3.05) is 26.5 Å². The predicted octanol–water partition coefficient (Wildman–Crippen LogP) is 4.87. The van der Waals surface area contributed by atoms with Gasteiger partial charge in [0.25, 0.3) is 0 Å². The highest BCUT2D eigenvalue weighted by Gasteiger charge is 2.33. The molecular formula is C26H29F3N4O4. The summed E-state index contributed by atoms with van der Waals surface area (Å²) in [4.78, 5) is 31.1. The molecule has 1 aromatic carbocycles. The number of aromatic nitrogens is 3. The number of Topliss-reactive ketones (excluding diaryl/α,β-unsaturated/α-hetero) is 1. The number of carbonyl (C=O) groups excluding carboxylic acids is 2. The van der Waals surface area contributed by atoms with E-state index in [2.05, 4.69) is 10.1 Å². The lowest BCUT2D eigenvalue weighted by molar-refractivity contribution is -0.137. The van der Waals surface area contributed by atoms with Crippen LogP contribution < -0.4 is 4.74 Å². The molecule has 0 radical (unpaired) electrons. The summed E-state index contributed by atoms with van der Waals surface area (Å²) >= 11 is 0. The number of alkyl halides is 3. The summed E-state index contributed by atoms with van der Waals surface area (Å²) in [5, 5.41) is 5.10. The lowest BCUT2D eigenvalue weighted by Gasteiger charge is -2.17. The number of nitrogens with zero attached hydrogens (tertiary/aromatic N) is 4. The largest absolute Gasteiger partial charge is 0.467 e. The number of ketones is 1. The van der Waals surface area contributed by atoms with E-state index in [1.807, 2.05) is 6.92 Å². The molecule has 2 aromatic heterocycles. The van der Waals surface area contributed by atoms with Crippen LogP contribution in [-0.4, -0.2) is 57.8 Å². The molecule has 1 amide bonds. The fraction of sp³-hybridized carbons (Fsp3) is 0.462. The minimum Gasteiger partial charge on any atom is -0.467 e. The SMILES string of the molecule is CCOCOc1cc(C(F)(F)F)cc(C)c1-c1ccc2c(C(C)=O)n(CC3CC(=O)N(CC)C3)nc2n1. The first kappa shape index (κ1) is 26.6. The van der Waals surface area contributed by atoms with Crippen LogP contribution in [0.5, 0.6) is 5.75 Å². The molecular weight excluding hydrogens is 489 g/mol. The molecule has 37 heavy (non-hydrogen) atoms. The number of aryl methyl sites for hydroxylation is 1. The maximum absolute atomic E-state index is 13.5. The second-order valence-electron chi connectivity index (χ2n) is 9.08. The van der Waals surface area contributed by atoms with Crippen molar-refractivity contribution in [3.63, 3.8) is 0 Å². The second-order valence-corrected chi connectivity index (χ2v) is 9.08. The number of carbonyl (C=O) groups is 2. The molecule has 1 unspecified atom stereocenters. The average molecular weight is 519 g/mol. The van der Waals surface area contributed by atoms with Gasteiger partial charge in [-0.2, -0.15) is 18.3 Å². The summed E-state index contributed by atoms with van der Waals surface area (Å²) in [5.41, 5.74) is 0.898. The van der Waals surface area contributed by atoms with E-state index < -0.39 is 11.7 Å². The highest BCUT2D eigenvalue weighted by Crippen LogP contribution is 2.40. The highest BCUT2D eigenvalue weighted by atomic mass is 19.4. The minimum absolute atomic E-state index is 0.00931. The van der Waals surface area contributed by atoms with Crippen molar-refractivity contribution in [3.8, 4) is 17.0 Å². The molecule has 0 N–H and O–H groups in total. The van der Waals surface area contributed by atoms with Gasteiger partial charge in [0.15, 0.2) is 18.2 Å². The van der Waals surface area contributed by atoms with Gasteiger partial charge < -0.3 is 14.4 Å². The van der Waals surface area contributed by atoms with Gasteiger partial charge in [0, 0.05) is 51.1 Å². The van der Waals surface area contributed by atoms with Gasteiger partial charge in [-0.15, -0.1) is 0 Å². The molecule has 3 aromatic rings. The number of likely N-dealkylation sites (tertiary alicyclic amines) is 1. The van der Waals surface area contributed by atoms with E-state index in [1.54, 1.807) is 35.6 Å². The zero-order chi connectivity index (χ0) is 26.9. The van der Waals surface area contributed by atoms with E-state index >= 15 is 0 Å². The Morgan fingerprint density at radius 3 is 2.59 bits per heavy atom. The number of benzene rings is 1. The van der Waals surface area contributed by atoms with Crippen molar-refractivity contribution in [3.05, 3.63) is 41.1 Å². The van der Waals surface area contributed by atoms with Crippen LogP contribution >= 0.6 is 0 Å². The van der Waals surface area contributed by atoms with E-state index in [0.29, 0.717) is 60.6 Å². The molecule has 0 spiro atoms. The van der Waals surface area contributed by atoms with Crippen molar-refractivity contribution in [1.29, 1.82) is 0 Å². The molecule has 1 aliphatic heterocycles. The van der Waals surface area contributed by atoms with Gasteiger partial charge in [-0.05, 0) is 50.6 Å². The van der Waals surface area contributed by atoms with Crippen molar-refractivity contribution < 1.29 is 32.2 Å². The summed E-state index contributed by atoms with van der Waals surface area (Å²) in [5.74, 6) is -0.121. The van der Waals surface area contributed by atoms with E-state index in [1.165, 1.54) is 6.92 Å². The van der Waals surface area contributed by atoms with E-state index in [0.717, 1.165) is 12.1 Å². The molecule has 0 saturated carbocycles. The third kappa shape index (κ3) is 5.46. The van der Waals surface area contributed by atoms with Crippen molar-refractivity contribution in [2.24, 2.45) is 5.92 Å². The number of fused-ring (bicyclic) bond motifs is 1. The Kier molecular flexibility index (Phi) is 7.54. The van der Waals surface area contributed by atoms with E-state index in [-0.39, 0.29) is 35.8 Å². The Balaban J connectivity index is 1.76. The van der Waals surface area contributed by atoms with Gasteiger partial charge >= 0.3 is 6.18 Å². The van der Waals surface area contributed by atoms with Gasteiger partial charge in [-0.25, -0.2) is 4.98 Å². The van der Waals surface area contributed by atoms with Crippen LogP contribution in [0.2, 0.25) is 0 Å². The molecule has 1 atom stereocenters. The minimum atomic E-state index is -4.55. The van der Waals surface area contributed by atoms with Crippen LogP contribution in [0.15, 0.2) is 24.3 Å². The fourth-order valence-corrected chi connectivity index (χ4v) is 4.73. The van der Waals surface area contributed by atoms with Crippen LogP contribution in [0.3, 0.4) is 0 Å². The quantitative estimate of drug-likeness (QED) is 0.228. The standard InChI is InChI=1S/C26H29F3N4O4/c1-5-32-12-17(10-22(32)35)13-33-24(16(4)34)19-7-8-20(30-25(19)31-33)23-15(3)9-18(26(27,28)29)11-21(23)37-14-36-6-2/h7-9,11,17H,5-6,10,12-14H2,1-4H3. The summed E-state index contributed by atoms with van der Waals surface area (Å²) < 4.78 is 52.8. The maximum Gasteiger partial charge on any atom is 0.416 e. The van der Waals surface area contributed by atoms with E-state index in [9.17, 15) is 22.8 Å². The van der Waals surface area contributed by atoms with Gasteiger partial charge in [-0.1, -0.05) is 0 Å². The number of ether oxygens (including phenoxy) is 2. The van der Waals surface area contributed by atoms with Crippen LogP contribution in [0.4, 0.5) is 13.2 Å². The third-order valence-corrected chi connectivity index (χ3v) is 6.43. The summed E-state index contributed by atoms with van der Waals surface area (Å²) in [6.45, 7) is 8.39. The molecule has 1 saturated heterocycles. The smallest absolute Gasteiger partial charge is 0.416 e. The summed E-state index contributed by atoms with van der Waals surface area (Å²) in [6.07, 6.45) is -4.17. The Bertz CT molecular complexity index is 1340. The maximum atomic E-state index is 13.5. The first-order valence-corrected chi connectivity index (χ1v) is 12.1. The lowest BCUT2D eigenvalue weighted by Crippen LogP contribution is -2.25. The molecule has 1 fully saturated rings. The Morgan fingerprint density at radius 1 is 1.22 bits per heavy atom. The van der Waals surface area contributed by atoms with Crippen LogP contribution in [0.25, 0.3) is 22.3 Å². The van der Waals surface area contributed by atoms with Gasteiger partial charge in [0.1, 0.15) is 11.4 Å². The van der Waals surface area contributed by atoms with Crippen molar-refractivity contribution >= 4 is 22.7 Å². The number of pyridine rings is 1. The number of hydrogen-bond donors (Lipinski definition) is 0. The topological polar surface area (TPSA) is 86.5 Å². The highest BCUT2D eigenvalue weighted by molar-refractivity contribution is 6.04. The van der Waals surface area contributed by atoms with E-state index in [4.69, 9.17) is 9.47 Å². The molecule has 8 nitrogen and oxygen atoms in total. The predicted molar refractivity (Wildman–Crippen MR) is 130 cm³/mol. The zero-order valence-corrected chi connectivity index (χ0v) is 21.2. The zero-order valence-electron chi connectivity index (χ0n) is 21.2. The molecule has 1 aliphatic rings. The monoisotopic (exact) mass is 518 g/mol. The van der Waals surface area contributed by atoms with Gasteiger partial charge in [0.2, 0.25) is 5.91 Å². The van der Waals surface area contributed by atoms with Crippen LogP contribution in [0.1, 0.15) is 48.8 Å². The lowest BCUT2D eigenvalue weighted by atomic mass is 9.99. The molecule has 0 aliphatic carbocycles. The van der Waals surface area contributed by atoms with Gasteiger partial charge in [-0.3, -0.25) is 14.3 Å². The number of rotatable bonds is 9. The fourth-order valence-electron chi connectivity index (χ4n) is 4.73. The van der Waals surface area contributed by atoms with Crippen molar-refractivity contribution in [2.45, 2.75) is 46.8 Å². The Morgan fingerprint density at radius 2 is 1.97 bits per heavy atom. The van der Waals surface area contributed by atoms with Crippen LogP contribution in [-0.2, 0) is 22.3 Å². The first-order chi connectivity index (χ1) is 17.5. The first-order valence-electron chi connectivity index (χ1n) is 12.1. The summed E-state index contributed by atoms with van der Waals surface area (Å²) in [6, 6.07) is 5.32. The number of hydrogen-bond acceptors (Lipinski definition) is 6.